The Kier molecular flexibility index (Phi) is 7.25. The first-order valence-corrected chi connectivity index (χ1v) is 10.8. The Morgan fingerprint density at radius 3 is 2.65 bits per heavy atom. The minimum atomic E-state index is -0.814. The molecule has 2 atom stereocenters. The summed E-state index contributed by atoms with van der Waals surface area (Å²) in [5, 5.41) is 1.15. The zero-order valence-corrected chi connectivity index (χ0v) is 18.4. The number of ether oxygens (including phenoxy) is 3. The lowest BCUT2D eigenvalue weighted by Gasteiger charge is -2.28. The van der Waals surface area contributed by atoms with E-state index < -0.39 is 5.79 Å². The van der Waals surface area contributed by atoms with E-state index in [1.165, 1.54) is 12.1 Å². The zero-order chi connectivity index (χ0) is 21.7. The highest BCUT2D eigenvalue weighted by molar-refractivity contribution is 6.35. The predicted molar refractivity (Wildman–Crippen MR) is 117 cm³/mol. The molecule has 5 nitrogen and oxygen atoms in total. The van der Waals surface area contributed by atoms with Crippen molar-refractivity contribution in [2.45, 2.75) is 37.9 Å². The molecule has 1 fully saturated rings. The second kappa shape index (κ2) is 10.1. The molecule has 0 aliphatic carbocycles. The maximum absolute atomic E-state index is 13.2. The lowest BCUT2D eigenvalue weighted by Crippen LogP contribution is -2.37. The SMILES string of the molecule is Fc1ccc(CCC2(Cn3ccnc3)OCC(COCc3c(Cl)cccc3Cl)O2)cc1. The van der Waals surface area contributed by atoms with Crippen molar-refractivity contribution in [1.82, 2.24) is 9.55 Å². The minimum Gasteiger partial charge on any atom is -0.374 e. The van der Waals surface area contributed by atoms with Gasteiger partial charge in [-0.2, -0.15) is 0 Å². The highest BCUT2D eigenvalue weighted by atomic mass is 35.5. The van der Waals surface area contributed by atoms with Crippen molar-refractivity contribution in [2.24, 2.45) is 0 Å². The van der Waals surface area contributed by atoms with E-state index in [9.17, 15) is 4.39 Å². The first-order chi connectivity index (χ1) is 15.0. The summed E-state index contributed by atoms with van der Waals surface area (Å²) in [6.45, 7) is 1.56. The first kappa shape index (κ1) is 22.2. The van der Waals surface area contributed by atoms with Crippen molar-refractivity contribution < 1.29 is 18.6 Å². The van der Waals surface area contributed by atoms with Crippen molar-refractivity contribution in [1.29, 1.82) is 0 Å². The maximum Gasteiger partial charge on any atom is 0.187 e. The van der Waals surface area contributed by atoms with Crippen LogP contribution in [-0.4, -0.2) is 34.7 Å². The molecule has 2 unspecified atom stereocenters. The summed E-state index contributed by atoms with van der Waals surface area (Å²) < 4.78 is 33.4. The molecule has 1 aliphatic heterocycles. The highest BCUT2D eigenvalue weighted by Crippen LogP contribution is 2.32. The van der Waals surface area contributed by atoms with Crippen LogP contribution in [0.2, 0.25) is 10.0 Å². The van der Waals surface area contributed by atoms with Crippen LogP contribution in [0.1, 0.15) is 17.5 Å². The summed E-state index contributed by atoms with van der Waals surface area (Å²) in [5.74, 6) is -1.06. The van der Waals surface area contributed by atoms with Crippen molar-refractivity contribution in [3.63, 3.8) is 0 Å². The van der Waals surface area contributed by atoms with Gasteiger partial charge in [-0.3, -0.25) is 0 Å². The molecular weight excluding hydrogens is 442 g/mol. The Balaban J connectivity index is 1.37. The summed E-state index contributed by atoms with van der Waals surface area (Å²) in [4.78, 5) is 4.10. The van der Waals surface area contributed by atoms with Gasteiger partial charge in [0.15, 0.2) is 5.79 Å². The van der Waals surface area contributed by atoms with Crippen molar-refractivity contribution in [3.05, 3.63) is 88.2 Å². The van der Waals surface area contributed by atoms with E-state index in [4.69, 9.17) is 37.4 Å². The van der Waals surface area contributed by atoms with Gasteiger partial charge in [0.2, 0.25) is 0 Å². The number of imidazole rings is 1. The first-order valence-electron chi connectivity index (χ1n) is 10.1. The number of benzene rings is 2. The van der Waals surface area contributed by atoms with Gasteiger partial charge < -0.3 is 18.8 Å². The van der Waals surface area contributed by atoms with Gasteiger partial charge >= 0.3 is 0 Å². The van der Waals surface area contributed by atoms with Gasteiger partial charge in [-0.15, -0.1) is 0 Å². The van der Waals surface area contributed by atoms with Crippen LogP contribution >= 0.6 is 23.2 Å². The second-order valence-electron chi connectivity index (χ2n) is 7.54. The van der Waals surface area contributed by atoms with E-state index in [0.29, 0.717) is 49.3 Å². The lowest BCUT2D eigenvalue weighted by atomic mass is 10.0. The largest absolute Gasteiger partial charge is 0.374 e. The molecule has 0 radical (unpaired) electrons. The molecule has 0 spiro atoms. The molecule has 2 heterocycles. The fraction of sp³-hybridized carbons (Fsp3) is 0.348. The highest BCUT2D eigenvalue weighted by Gasteiger charge is 2.41. The van der Waals surface area contributed by atoms with Crippen molar-refractivity contribution in [2.75, 3.05) is 13.2 Å². The molecular formula is C23H23Cl2FN2O3. The number of nitrogens with zero attached hydrogens (tertiary/aromatic N) is 2. The molecule has 0 amide bonds. The van der Waals surface area contributed by atoms with Gasteiger partial charge in [0.1, 0.15) is 11.9 Å². The Morgan fingerprint density at radius 1 is 1.16 bits per heavy atom. The standard InChI is InChI=1S/C23H23Cl2FN2O3/c24-21-2-1-3-22(25)20(21)14-29-12-19-13-30-23(31-19,15-28-11-10-27-16-28)9-8-17-4-6-18(26)7-5-17/h1-7,10-11,16,19H,8-9,12-15H2. The maximum atomic E-state index is 13.2. The smallest absolute Gasteiger partial charge is 0.187 e. The molecule has 1 aromatic heterocycles. The summed E-state index contributed by atoms with van der Waals surface area (Å²) >= 11 is 12.4. The minimum absolute atomic E-state index is 0.224. The van der Waals surface area contributed by atoms with Crippen LogP contribution < -0.4 is 0 Å². The van der Waals surface area contributed by atoms with Gasteiger partial charge in [0.05, 0.1) is 32.7 Å². The number of aromatic nitrogens is 2. The number of hydrogen-bond donors (Lipinski definition) is 0. The van der Waals surface area contributed by atoms with Crippen LogP contribution in [0.4, 0.5) is 4.39 Å². The van der Waals surface area contributed by atoms with E-state index in [-0.39, 0.29) is 11.9 Å². The van der Waals surface area contributed by atoms with E-state index in [1.807, 2.05) is 10.8 Å². The Morgan fingerprint density at radius 2 is 1.94 bits per heavy atom. The Hall–Kier alpha value is -1.96. The fourth-order valence-corrected chi connectivity index (χ4v) is 4.11. The molecule has 4 rings (SSSR count). The molecule has 31 heavy (non-hydrogen) atoms. The molecule has 3 aromatic rings. The number of rotatable bonds is 9. The lowest BCUT2D eigenvalue weighted by molar-refractivity contribution is -0.187. The van der Waals surface area contributed by atoms with Crippen LogP contribution in [0.3, 0.4) is 0 Å². The molecule has 0 N–H and O–H groups in total. The topological polar surface area (TPSA) is 45.5 Å². The van der Waals surface area contributed by atoms with Crippen LogP contribution in [-0.2, 0) is 33.8 Å². The summed E-state index contributed by atoms with van der Waals surface area (Å²) in [5.41, 5.74) is 1.78. The zero-order valence-electron chi connectivity index (χ0n) is 16.8. The van der Waals surface area contributed by atoms with Gasteiger partial charge in [-0.25, -0.2) is 9.37 Å². The quantitative estimate of drug-likeness (QED) is 0.431. The summed E-state index contributed by atoms with van der Waals surface area (Å²) in [6.07, 6.45) is 6.40. The normalized spacial score (nSPS) is 20.9. The van der Waals surface area contributed by atoms with Gasteiger partial charge in [-0.1, -0.05) is 41.4 Å². The van der Waals surface area contributed by atoms with E-state index in [0.717, 1.165) is 11.1 Å². The molecule has 2 aromatic carbocycles. The van der Waals surface area contributed by atoms with Gasteiger partial charge in [0, 0.05) is 34.4 Å². The molecule has 1 aliphatic rings. The Labute approximate surface area is 190 Å². The van der Waals surface area contributed by atoms with Gasteiger partial charge in [0.25, 0.3) is 0 Å². The number of hydrogen-bond acceptors (Lipinski definition) is 4. The monoisotopic (exact) mass is 464 g/mol. The predicted octanol–water partition coefficient (Wildman–Crippen LogP) is 5.29. The fourth-order valence-electron chi connectivity index (χ4n) is 3.60. The number of halogens is 3. The molecule has 8 heteroatoms. The third-order valence-electron chi connectivity index (χ3n) is 5.22. The van der Waals surface area contributed by atoms with E-state index in [1.54, 1.807) is 42.9 Å². The van der Waals surface area contributed by atoms with Crippen LogP contribution in [0.25, 0.3) is 0 Å². The third kappa shape index (κ3) is 5.84. The molecule has 1 saturated heterocycles. The summed E-state index contributed by atoms with van der Waals surface area (Å²) in [7, 11) is 0. The average Bonchev–Trinajstić information content (AvgIpc) is 3.41. The van der Waals surface area contributed by atoms with Gasteiger partial charge in [-0.05, 0) is 36.2 Å². The molecule has 0 saturated carbocycles. The molecule has 0 bridgehead atoms. The van der Waals surface area contributed by atoms with Crippen molar-refractivity contribution >= 4 is 23.2 Å². The average molecular weight is 465 g/mol. The van der Waals surface area contributed by atoms with Crippen molar-refractivity contribution in [3.8, 4) is 0 Å². The number of aryl methyl sites for hydroxylation is 1. The van der Waals surface area contributed by atoms with Crippen LogP contribution in [0.5, 0.6) is 0 Å². The second-order valence-corrected chi connectivity index (χ2v) is 8.35. The Bertz CT molecular complexity index is 965. The summed E-state index contributed by atoms with van der Waals surface area (Å²) in [6, 6.07) is 11.9. The molecule has 164 valence electrons. The van der Waals surface area contributed by atoms with Crippen LogP contribution in [0, 0.1) is 5.82 Å². The van der Waals surface area contributed by atoms with E-state index >= 15 is 0 Å². The van der Waals surface area contributed by atoms with Crippen LogP contribution in [0.15, 0.2) is 61.2 Å². The van der Waals surface area contributed by atoms with E-state index in [2.05, 4.69) is 4.98 Å². The third-order valence-corrected chi connectivity index (χ3v) is 5.92.